The van der Waals surface area contributed by atoms with E-state index >= 15 is 0 Å². The van der Waals surface area contributed by atoms with Crippen molar-refractivity contribution in [3.63, 3.8) is 0 Å². The lowest BCUT2D eigenvalue weighted by atomic mass is 9.98. The molecule has 0 fully saturated rings. The van der Waals surface area contributed by atoms with Crippen molar-refractivity contribution in [3.05, 3.63) is 100 Å². The van der Waals surface area contributed by atoms with Crippen molar-refractivity contribution in [2.45, 2.75) is 13.8 Å². The molecule has 0 radical (unpaired) electrons. The molecule has 1 aliphatic heterocycles. The highest BCUT2D eigenvalue weighted by Crippen LogP contribution is 2.46. The van der Waals surface area contributed by atoms with Gasteiger partial charge in [0.2, 0.25) is 0 Å². The number of fused-ring (bicyclic) bond motifs is 3. The van der Waals surface area contributed by atoms with Crippen LogP contribution in [-0.4, -0.2) is 11.0 Å². The molecule has 0 amide bonds. The third-order valence-corrected chi connectivity index (χ3v) is 5.29. The number of hydrogen-bond donors (Lipinski definition) is 0. The maximum absolute atomic E-state index is 12.8. The first-order valence-corrected chi connectivity index (χ1v) is 8.94. The second kappa shape index (κ2) is 5.78. The second-order valence-electron chi connectivity index (χ2n) is 6.93. The number of aryl methyl sites for hydroxylation is 2. The van der Waals surface area contributed by atoms with Crippen LogP contribution in [0.4, 0.5) is 0 Å². The Kier molecular flexibility index (Phi) is 3.37. The molecule has 0 saturated heterocycles. The van der Waals surface area contributed by atoms with Gasteiger partial charge in [-0.25, -0.2) is 4.79 Å². The maximum atomic E-state index is 12.8. The average Bonchev–Trinajstić information content (AvgIpc) is 3.22. The van der Waals surface area contributed by atoms with E-state index in [2.05, 4.69) is 31.0 Å². The third kappa shape index (κ3) is 2.36. The molecule has 3 heteroatoms. The summed E-state index contributed by atoms with van der Waals surface area (Å²) in [7, 11) is 0. The van der Waals surface area contributed by atoms with Gasteiger partial charge in [0, 0.05) is 28.5 Å². The van der Waals surface area contributed by atoms with Gasteiger partial charge in [0.05, 0.1) is 11.3 Å². The molecule has 0 N–H and O–H groups in total. The molecule has 0 saturated carbocycles. The number of ether oxygens (including phenoxy) is 1. The number of aromatic nitrogens is 1. The predicted octanol–water partition coefficient (Wildman–Crippen LogP) is 5.08. The Labute approximate surface area is 157 Å². The van der Waals surface area contributed by atoms with Crippen molar-refractivity contribution in [3.8, 4) is 11.3 Å². The molecule has 3 nitrogen and oxygen atoms in total. The molecule has 2 heterocycles. The number of carbonyl (C=O) groups excluding carboxylic acids is 1. The average molecular weight is 351 g/mol. The number of hydrogen-bond acceptors (Lipinski definition) is 3. The highest BCUT2D eigenvalue weighted by molar-refractivity contribution is 6.14. The molecule has 0 bridgehead atoms. The number of carbonyl (C=O) groups is 1. The van der Waals surface area contributed by atoms with Gasteiger partial charge in [-0.05, 0) is 48.7 Å². The molecule has 0 atom stereocenters. The molecule has 2 aliphatic rings. The van der Waals surface area contributed by atoms with Crippen LogP contribution in [0.1, 0.15) is 27.8 Å². The Morgan fingerprint density at radius 2 is 1.63 bits per heavy atom. The zero-order chi connectivity index (χ0) is 18.5. The van der Waals surface area contributed by atoms with Crippen molar-refractivity contribution in [2.24, 2.45) is 0 Å². The van der Waals surface area contributed by atoms with E-state index in [1.807, 2.05) is 48.5 Å². The first kappa shape index (κ1) is 15.8. The molecular formula is C24H17NO2. The van der Waals surface area contributed by atoms with E-state index in [0.29, 0.717) is 11.3 Å². The van der Waals surface area contributed by atoms with Crippen molar-refractivity contribution in [2.75, 3.05) is 0 Å². The summed E-state index contributed by atoms with van der Waals surface area (Å²) < 4.78 is 5.64. The first-order chi connectivity index (χ1) is 13.1. The maximum Gasteiger partial charge on any atom is 0.344 e. The van der Waals surface area contributed by atoms with Crippen LogP contribution in [0, 0.1) is 13.8 Å². The van der Waals surface area contributed by atoms with Crippen LogP contribution in [0.25, 0.3) is 22.6 Å². The molecule has 2 aromatic carbocycles. The van der Waals surface area contributed by atoms with E-state index in [4.69, 9.17) is 4.74 Å². The molecule has 1 aliphatic carbocycles. The van der Waals surface area contributed by atoms with Gasteiger partial charge in [-0.2, -0.15) is 0 Å². The van der Waals surface area contributed by atoms with E-state index in [0.717, 1.165) is 33.5 Å². The van der Waals surface area contributed by atoms with Crippen LogP contribution in [-0.2, 0) is 9.53 Å². The van der Waals surface area contributed by atoms with E-state index in [1.54, 1.807) is 6.20 Å². The Balaban J connectivity index is 1.73. The normalized spacial score (nSPS) is 17.4. The van der Waals surface area contributed by atoms with Crippen molar-refractivity contribution >= 4 is 17.3 Å². The van der Waals surface area contributed by atoms with E-state index in [1.165, 1.54) is 11.1 Å². The summed E-state index contributed by atoms with van der Waals surface area (Å²) in [5, 5.41) is 0. The summed E-state index contributed by atoms with van der Waals surface area (Å²) in [5.74, 6) is 0.283. The van der Waals surface area contributed by atoms with Crippen molar-refractivity contribution < 1.29 is 9.53 Å². The zero-order valence-corrected chi connectivity index (χ0v) is 15.1. The number of cyclic esters (lactones) is 1. The van der Waals surface area contributed by atoms with Crippen LogP contribution < -0.4 is 0 Å². The molecule has 1 aromatic heterocycles. The fourth-order valence-electron chi connectivity index (χ4n) is 3.75. The third-order valence-electron chi connectivity index (χ3n) is 5.29. The Morgan fingerprint density at radius 1 is 0.852 bits per heavy atom. The number of pyridine rings is 1. The SMILES string of the molecule is Cc1ccc(C2=C/C(=C3\c4ccccc4-c4ncccc43)C(=O)O2)cc1C. The van der Waals surface area contributed by atoms with Gasteiger partial charge in [0.15, 0.2) is 0 Å². The molecular weight excluding hydrogens is 334 g/mol. The number of rotatable bonds is 1. The van der Waals surface area contributed by atoms with Gasteiger partial charge >= 0.3 is 5.97 Å². The lowest BCUT2D eigenvalue weighted by Crippen LogP contribution is -2.00. The fourth-order valence-corrected chi connectivity index (χ4v) is 3.75. The summed E-state index contributed by atoms with van der Waals surface area (Å²) in [5.41, 5.74) is 8.75. The van der Waals surface area contributed by atoms with Gasteiger partial charge in [0.25, 0.3) is 0 Å². The minimum atomic E-state index is -0.315. The van der Waals surface area contributed by atoms with Gasteiger partial charge in [0.1, 0.15) is 5.76 Å². The number of nitrogens with zero attached hydrogens (tertiary/aromatic N) is 1. The topological polar surface area (TPSA) is 39.2 Å². The quantitative estimate of drug-likeness (QED) is 0.355. The van der Waals surface area contributed by atoms with Crippen LogP contribution in [0.5, 0.6) is 0 Å². The molecule has 27 heavy (non-hydrogen) atoms. The monoisotopic (exact) mass is 351 g/mol. The summed E-state index contributed by atoms with van der Waals surface area (Å²) >= 11 is 0. The summed E-state index contributed by atoms with van der Waals surface area (Å²) in [4.78, 5) is 17.3. The zero-order valence-electron chi connectivity index (χ0n) is 15.1. The van der Waals surface area contributed by atoms with E-state index in [-0.39, 0.29) is 5.97 Å². The van der Waals surface area contributed by atoms with Gasteiger partial charge < -0.3 is 4.74 Å². The van der Waals surface area contributed by atoms with Crippen molar-refractivity contribution in [1.29, 1.82) is 0 Å². The smallest absolute Gasteiger partial charge is 0.344 e. The molecule has 5 rings (SSSR count). The lowest BCUT2D eigenvalue weighted by Gasteiger charge is -2.05. The van der Waals surface area contributed by atoms with Crippen LogP contribution in [0.15, 0.2) is 72.4 Å². The lowest BCUT2D eigenvalue weighted by molar-refractivity contribution is -0.130. The first-order valence-electron chi connectivity index (χ1n) is 8.94. The number of benzene rings is 2. The molecule has 0 unspecified atom stereocenters. The summed E-state index contributed by atoms with van der Waals surface area (Å²) in [6.45, 7) is 4.13. The second-order valence-corrected chi connectivity index (χ2v) is 6.93. The standard InChI is InChI=1S/C24H17NO2/c1-14-9-10-16(12-15(14)2)21-13-20(24(26)27-21)22-17-6-3-4-7-18(17)23-19(22)8-5-11-25-23/h3-13H,1-2H3/b22-20-. The van der Waals surface area contributed by atoms with Gasteiger partial charge in [-0.1, -0.05) is 42.5 Å². The minimum Gasteiger partial charge on any atom is -0.422 e. The van der Waals surface area contributed by atoms with Crippen molar-refractivity contribution in [1.82, 2.24) is 4.98 Å². The van der Waals surface area contributed by atoms with E-state index in [9.17, 15) is 4.79 Å². The Bertz CT molecular complexity index is 1140. The highest BCUT2D eigenvalue weighted by atomic mass is 16.5. The van der Waals surface area contributed by atoms with Gasteiger partial charge in [-0.15, -0.1) is 0 Å². The largest absolute Gasteiger partial charge is 0.422 e. The van der Waals surface area contributed by atoms with Crippen LogP contribution >= 0.6 is 0 Å². The molecule has 3 aromatic rings. The van der Waals surface area contributed by atoms with Gasteiger partial charge in [-0.3, -0.25) is 4.98 Å². The van der Waals surface area contributed by atoms with Crippen LogP contribution in [0.2, 0.25) is 0 Å². The van der Waals surface area contributed by atoms with E-state index < -0.39 is 0 Å². The fraction of sp³-hybridized carbons (Fsp3) is 0.0833. The summed E-state index contributed by atoms with van der Waals surface area (Å²) in [6.07, 6.45) is 3.65. The number of esters is 1. The molecule has 130 valence electrons. The Morgan fingerprint density at radius 3 is 2.44 bits per heavy atom. The predicted molar refractivity (Wildman–Crippen MR) is 106 cm³/mol. The Hall–Kier alpha value is -3.46. The van der Waals surface area contributed by atoms with Crippen LogP contribution in [0.3, 0.4) is 0 Å². The highest BCUT2D eigenvalue weighted by Gasteiger charge is 2.32. The minimum absolute atomic E-state index is 0.315. The summed E-state index contributed by atoms with van der Waals surface area (Å²) in [6, 6.07) is 18.1. The molecule has 0 spiro atoms.